The van der Waals surface area contributed by atoms with Crippen LogP contribution in [0.15, 0.2) is 12.1 Å². The fraction of sp³-hybridized carbons (Fsp3) is 0.500. The van der Waals surface area contributed by atoms with E-state index >= 15 is 0 Å². The number of rotatable bonds is 3. The molecule has 0 N–H and O–H groups in total. The van der Waals surface area contributed by atoms with Crippen LogP contribution in [0, 0.1) is 29.4 Å². The monoisotopic (exact) mass is 252 g/mol. The van der Waals surface area contributed by atoms with E-state index in [-0.39, 0.29) is 17.5 Å². The van der Waals surface area contributed by atoms with Crippen LogP contribution in [0.25, 0.3) is 0 Å². The highest BCUT2D eigenvalue weighted by molar-refractivity contribution is 5.98. The highest BCUT2D eigenvalue weighted by Gasteiger charge is 2.48. The second-order valence-corrected chi connectivity index (χ2v) is 5.25. The maximum Gasteiger partial charge on any atom is 0.171 e. The Balaban J connectivity index is 1.89. The van der Waals surface area contributed by atoms with Crippen molar-refractivity contribution in [2.75, 3.05) is 7.11 Å². The molecule has 2 unspecified atom stereocenters. The van der Waals surface area contributed by atoms with Crippen LogP contribution in [0.3, 0.4) is 0 Å². The van der Waals surface area contributed by atoms with Crippen LogP contribution in [0.4, 0.5) is 8.78 Å². The van der Waals surface area contributed by atoms with Gasteiger partial charge in [-0.3, -0.25) is 4.79 Å². The fourth-order valence-electron chi connectivity index (χ4n) is 3.04. The summed E-state index contributed by atoms with van der Waals surface area (Å²) in [6, 6.07) is 2.12. The van der Waals surface area contributed by atoms with Gasteiger partial charge < -0.3 is 4.74 Å². The third kappa shape index (κ3) is 1.80. The first kappa shape index (κ1) is 11.6. The number of benzene rings is 1. The summed E-state index contributed by atoms with van der Waals surface area (Å²) in [5, 5.41) is 0. The molecule has 2 nitrogen and oxygen atoms in total. The van der Waals surface area contributed by atoms with Crippen molar-refractivity contribution in [1.82, 2.24) is 0 Å². The SMILES string of the molecule is COc1cc(F)c(C(=O)C2CC3CC3C2)c(F)c1. The highest BCUT2D eigenvalue weighted by Crippen LogP contribution is 2.55. The molecule has 2 aliphatic carbocycles. The van der Waals surface area contributed by atoms with Crippen LogP contribution in [-0.4, -0.2) is 12.9 Å². The Morgan fingerprint density at radius 3 is 2.22 bits per heavy atom. The smallest absolute Gasteiger partial charge is 0.171 e. The normalized spacial score (nSPS) is 28.9. The summed E-state index contributed by atoms with van der Waals surface area (Å²) < 4.78 is 32.3. The topological polar surface area (TPSA) is 26.3 Å². The van der Waals surface area contributed by atoms with Gasteiger partial charge in [0.15, 0.2) is 5.78 Å². The van der Waals surface area contributed by atoms with Crippen molar-refractivity contribution in [3.63, 3.8) is 0 Å². The van der Waals surface area contributed by atoms with Gasteiger partial charge >= 0.3 is 0 Å². The molecule has 0 amide bonds. The molecule has 2 atom stereocenters. The lowest BCUT2D eigenvalue weighted by molar-refractivity contribution is 0.0905. The predicted molar refractivity (Wildman–Crippen MR) is 61.6 cm³/mol. The standard InChI is InChI=1S/C14H14F2O2/c1-18-10-5-11(15)13(12(16)6-10)14(17)9-3-7-2-8(7)4-9/h5-9H,2-4H2,1H3. The molecule has 18 heavy (non-hydrogen) atoms. The largest absolute Gasteiger partial charge is 0.497 e. The molecule has 1 aromatic carbocycles. The van der Waals surface area contributed by atoms with Gasteiger partial charge in [0.1, 0.15) is 17.4 Å². The van der Waals surface area contributed by atoms with Crippen LogP contribution in [0.5, 0.6) is 5.75 Å². The molecule has 0 aromatic heterocycles. The van der Waals surface area contributed by atoms with Gasteiger partial charge in [-0.15, -0.1) is 0 Å². The van der Waals surface area contributed by atoms with Crippen LogP contribution in [0.2, 0.25) is 0 Å². The number of Topliss-reactive ketones (excluding diaryl/α,β-unsaturated/α-hetero) is 1. The summed E-state index contributed by atoms with van der Waals surface area (Å²) >= 11 is 0. The average molecular weight is 252 g/mol. The summed E-state index contributed by atoms with van der Waals surface area (Å²) in [6.45, 7) is 0. The molecule has 2 fully saturated rings. The maximum absolute atomic E-state index is 13.8. The molecule has 1 aromatic rings. The van der Waals surface area contributed by atoms with Crippen LogP contribution >= 0.6 is 0 Å². The fourth-order valence-corrected chi connectivity index (χ4v) is 3.04. The average Bonchev–Trinajstić information content (AvgIpc) is 2.95. The Labute approximate surface area is 104 Å². The van der Waals surface area contributed by atoms with Crippen LogP contribution < -0.4 is 4.74 Å². The lowest BCUT2D eigenvalue weighted by atomic mass is 9.92. The van der Waals surface area contributed by atoms with Gasteiger partial charge in [0, 0.05) is 18.1 Å². The highest BCUT2D eigenvalue weighted by atomic mass is 19.1. The predicted octanol–water partition coefficient (Wildman–Crippen LogP) is 3.20. The first-order valence-electron chi connectivity index (χ1n) is 6.17. The maximum atomic E-state index is 13.8. The van der Waals surface area contributed by atoms with Gasteiger partial charge in [0.05, 0.1) is 12.7 Å². The Hall–Kier alpha value is -1.45. The van der Waals surface area contributed by atoms with E-state index in [0.29, 0.717) is 11.8 Å². The van der Waals surface area contributed by atoms with Gasteiger partial charge in [-0.1, -0.05) is 0 Å². The molecule has 4 heteroatoms. The molecule has 0 aliphatic heterocycles. The second-order valence-electron chi connectivity index (χ2n) is 5.25. The number of halogens is 2. The third-order valence-electron chi connectivity index (χ3n) is 4.11. The van der Waals surface area contributed by atoms with Crippen LogP contribution in [-0.2, 0) is 0 Å². The van der Waals surface area contributed by atoms with E-state index in [0.717, 1.165) is 25.0 Å². The molecule has 96 valence electrons. The Morgan fingerprint density at radius 1 is 1.17 bits per heavy atom. The molecule has 0 heterocycles. The molecule has 2 saturated carbocycles. The van der Waals surface area contributed by atoms with E-state index in [2.05, 4.69) is 0 Å². The molecule has 0 radical (unpaired) electrons. The van der Waals surface area contributed by atoms with Crippen molar-refractivity contribution in [2.24, 2.45) is 17.8 Å². The van der Waals surface area contributed by atoms with Crippen molar-refractivity contribution in [3.8, 4) is 5.75 Å². The van der Waals surface area contributed by atoms with Crippen molar-refractivity contribution in [3.05, 3.63) is 29.3 Å². The van der Waals surface area contributed by atoms with Crippen molar-refractivity contribution < 1.29 is 18.3 Å². The van der Waals surface area contributed by atoms with Crippen molar-refractivity contribution in [1.29, 1.82) is 0 Å². The summed E-state index contributed by atoms with van der Waals surface area (Å²) in [5.74, 6) is -0.914. The quantitative estimate of drug-likeness (QED) is 0.772. The molecular formula is C14H14F2O2. The number of carbonyl (C=O) groups is 1. The van der Waals surface area contributed by atoms with E-state index in [1.807, 2.05) is 0 Å². The minimum atomic E-state index is -0.822. The number of ketones is 1. The lowest BCUT2D eigenvalue weighted by Gasteiger charge is -2.12. The molecule has 2 aliphatic rings. The zero-order valence-corrected chi connectivity index (χ0v) is 10.1. The third-order valence-corrected chi connectivity index (χ3v) is 4.11. The number of fused-ring (bicyclic) bond motifs is 1. The minimum absolute atomic E-state index is 0.0934. The molecular weight excluding hydrogens is 238 g/mol. The Bertz CT molecular complexity index is 480. The molecule has 0 saturated heterocycles. The van der Waals surface area contributed by atoms with Gasteiger partial charge in [0.25, 0.3) is 0 Å². The molecule has 3 rings (SSSR count). The zero-order chi connectivity index (χ0) is 12.9. The van der Waals surface area contributed by atoms with Gasteiger partial charge in [-0.2, -0.15) is 0 Å². The van der Waals surface area contributed by atoms with Crippen LogP contribution in [0.1, 0.15) is 29.6 Å². The minimum Gasteiger partial charge on any atom is -0.497 e. The lowest BCUT2D eigenvalue weighted by Crippen LogP contribution is -2.16. The first-order valence-corrected chi connectivity index (χ1v) is 6.17. The summed E-state index contributed by atoms with van der Waals surface area (Å²) in [5.41, 5.74) is -0.401. The van der Waals surface area contributed by atoms with E-state index in [9.17, 15) is 13.6 Å². The zero-order valence-electron chi connectivity index (χ0n) is 10.1. The van der Waals surface area contributed by atoms with E-state index in [1.165, 1.54) is 13.5 Å². The summed E-state index contributed by atoms with van der Waals surface area (Å²) in [4.78, 5) is 12.1. The summed E-state index contributed by atoms with van der Waals surface area (Å²) in [6.07, 6.45) is 2.75. The number of hydrogen-bond donors (Lipinski definition) is 0. The molecule has 0 bridgehead atoms. The van der Waals surface area contributed by atoms with Crippen molar-refractivity contribution in [2.45, 2.75) is 19.3 Å². The second kappa shape index (κ2) is 4.04. The van der Waals surface area contributed by atoms with E-state index in [1.54, 1.807) is 0 Å². The van der Waals surface area contributed by atoms with E-state index in [4.69, 9.17) is 4.74 Å². The Kier molecular flexibility index (Phi) is 2.61. The first-order chi connectivity index (χ1) is 8.60. The van der Waals surface area contributed by atoms with Gasteiger partial charge in [0.2, 0.25) is 0 Å². The number of ether oxygens (including phenoxy) is 1. The van der Waals surface area contributed by atoms with Gasteiger partial charge in [-0.05, 0) is 31.1 Å². The Morgan fingerprint density at radius 2 is 1.72 bits per heavy atom. The van der Waals surface area contributed by atoms with Crippen molar-refractivity contribution >= 4 is 5.78 Å². The van der Waals surface area contributed by atoms with E-state index < -0.39 is 17.2 Å². The number of carbonyl (C=O) groups excluding carboxylic acids is 1. The molecule has 0 spiro atoms. The van der Waals surface area contributed by atoms with Gasteiger partial charge in [-0.25, -0.2) is 8.78 Å². The number of methoxy groups -OCH3 is 1. The number of hydrogen-bond acceptors (Lipinski definition) is 2. The summed E-state index contributed by atoms with van der Waals surface area (Å²) in [7, 11) is 1.33.